The van der Waals surface area contributed by atoms with Crippen LogP contribution in [0.15, 0.2) is 30.3 Å². The summed E-state index contributed by atoms with van der Waals surface area (Å²) in [6, 6.07) is 8.90. The Kier molecular flexibility index (Phi) is 4.04. The molecule has 0 spiro atoms. The summed E-state index contributed by atoms with van der Waals surface area (Å²) in [4.78, 5) is 26.5. The highest BCUT2D eigenvalue weighted by Crippen LogP contribution is 2.15. The summed E-state index contributed by atoms with van der Waals surface area (Å²) in [6.45, 7) is 1.01. The van der Waals surface area contributed by atoms with Crippen LogP contribution in [0.2, 0.25) is 0 Å². The molecule has 1 N–H and O–H groups in total. The molecule has 2 rings (SSSR count). The van der Waals surface area contributed by atoms with Crippen molar-refractivity contribution in [1.29, 1.82) is 0 Å². The van der Waals surface area contributed by atoms with E-state index in [-0.39, 0.29) is 5.91 Å². The Balaban J connectivity index is 2.24. The summed E-state index contributed by atoms with van der Waals surface area (Å²) in [5.41, 5.74) is 0.974. The highest BCUT2D eigenvalue weighted by Gasteiger charge is 2.33. The number of hydrogen-bond acceptors (Lipinski definition) is 2. The third kappa shape index (κ3) is 3.05. The Morgan fingerprint density at radius 2 is 2.00 bits per heavy atom. The van der Waals surface area contributed by atoms with Crippen LogP contribution in [0.4, 0.5) is 4.79 Å². The zero-order valence-corrected chi connectivity index (χ0v) is 11.0. The molecule has 1 aromatic rings. The Morgan fingerprint density at radius 3 is 2.63 bits per heavy atom. The van der Waals surface area contributed by atoms with Gasteiger partial charge in [-0.15, -0.1) is 0 Å². The second kappa shape index (κ2) is 5.73. The van der Waals surface area contributed by atoms with Gasteiger partial charge in [0.2, 0.25) is 5.91 Å². The maximum absolute atomic E-state index is 12.3. The van der Waals surface area contributed by atoms with Crippen molar-refractivity contribution in [2.24, 2.45) is 0 Å². The molecule has 5 heteroatoms. The molecule has 1 heterocycles. The number of benzene rings is 1. The standard InChI is InChI=1S/C14H18N2O3/c1-15-8-5-9-16(14(18)19)12(13(15)17)10-11-6-3-2-4-7-11/h2-4,6-7,12H,5,8-10H2,1H3,(H,18,19). The van der Waals surface area contributed by atoms with Gasteiger partial charge in [-0.1, -0.05) is 30.3 Å². The summed E-state index contributed by atoms with van der Waals surface area (Å²) < 4.78 is 0. The predicted octanol–water partition coefficient (Wildman–Crippen LogP) is 1.44. The smallest absolute Gasteiger partial charge is 0.407 e. The van der Waals surface area contributed by atoms with Crippen LogP contribution in [-0.4, -0.2) is 53.1 Å². The van der Waals surface area contributed by atoms with Crippen molar-refractivity contribution < 1.29 is 14.7 Å². The van der Waals surface area contributed by atoms with Crippen molar-refractivity contribution in [2.45, 2.75) is 18.9 Å². The van der Waals surface area contributed by atoms with E-state index in [1.54, 1.807) is 11.9 Å². The van der Waals surface area contributed by atoms with Gasteiger partial charge in [0.25, 0.3) is 0 Å². The van der Waals surface area contributed by atoms with Gasteiger partial charge in [-0.3, -0.25) is 9.69 Å². The number of carboxylic acid groups (broad SMARTS) is 1. The van der Waals surface area contributed by atoms with Gasteiger partial charge in [0, 0.05) is 26.6 Å². The molecule has 1 fully saturated rings. The predicted molar refractivity (Wildman–Crippen MR) is 70.9 cm³/mol. The molecule has 5 nitrogen and oxygen atoms in total. The van der Waals surface area contributed by atoms with E-state index in [0.29, 0.717) is 25.9 Å². The van der Waals surface area contributed by atoms with Crippen LogP contribution in [0, 0.1) is 0 Å². The molecule has 1 aliphatic heterocycles. The molecule has 0 radical (unpaired) electrons. The minimum atomic E-state index is -1.02. The number of amides is 2. The molecule has 1 unspecified atom stereocenters. The van der Waals surface area contributed by atoms with Crippen LogP contribution < -0.4 is 0 Å². The zero-order chi connectivity index (χ0) is 13.8. The normalized spacial score (nSPS) is 20.3. The topological polar surface area (TPSA) is 60.9 Å². The lowest BCUT2D eigenvalue weighted by Crippen LogP contribution is -2.48. The Hall–Kier alpha value is -2.04. The number of carbonyl (C=O) groups excluding carboxylic acids is 1. The molecule has 1 atom stereocenters. The number of hydrogen-bond donors (Lipinski definition) is 1. The fraction of sp³-hybridized carbons (Fsp3) is 0.429. The molecule has 0 aromatic heterocycles. The van der Waals surface area contributed by atoms with E-state index in [0.717, 1.165) is 5.56 Å². The first-order chi connectivity index (χ1) is 9.09. The molecule has 0 saturated carbocycles. The number of carbonyl (C=O) groups is 2. The van der Waals surface area contributed by atoms with E-state index in [9.17, 15) is 14.7 Å². The molecule has 2 amide bonds. The fourth-order valence-corrected chi connectivity index (χ4v) is 2.40. The van der Waals surface area contributed by atoms with Crippen LogP contribution >= 0.6 is 0 Å². The molecule has 1 saturated heterocycles. The fourth-order valence-electron chi connectivity index (χ4n) is 2.40. The summed E-state index contributed by atoms with van der Waals surface area (Å²) in [7, 11) is 1.73. The van der Waals surface area contributed by atoms with Crippen molar-refractivity contribution in [3.05, 3.63) is 35.9 Å². The van der Waals surface area contributed by atoms with Crippen LogP contribution in [-0.2, 0) is 11.2 Å². The first kappa shape index (κ1) is 13.4. The lowest BCUT2D eigenvalue weighted by atomic mass is 10.0. The summed E-state index contributed by atoms with van der Waals surface area (Å²) in [5, 5.41) is 9.27. The van der Waals surface area contributed by atoms with Crippen molar-refractivity contribution >= 4 is 12.0 Å². The maximum Gasteiger partial charge on any atom is 0.407 e. The SMILES string of the molecule is CN1CCCN(C(=O)O)C(Cc2ccccc2)C1=O. The third-order valence-electron chi connectivity index (χ3n) is 3.45. The van der Waals surface area contributed by atoms with Gasteiger partial charge in [-0.25, -0.2) is 4.79 Å². The molecule has 19 heavy (non-hydrogen) atoms. The molecule has 1 aliphatic rings. The lowest BCUT2D eigenvalue weighted by Gasteiger charge is -2.27. The Labute approximate surface area is 112 Å². The van der Waals surface area contributed by atoms with E-state index in [2.05, 4.69) is 0 Å². The lowest BCUT2D eigenvalue weighted by molar-refractivity contribution is -0.133. The molecule has 1 aromatic carbocycles. The van der Waals surface area contributed by atoms with Gasteiger partial charge in [0.05, 0.1) is 0 Å². The molecular weight excluding hydrogens is 244 g/mol. The van der Waals surface area contributed by atoms with Crippen LogP contribution in [0.5, 0.6) is 0 Å². The van der Waals surface area contributed by atoms with E-state index < -0.39 is 12.1 Å². The Bertz CT molecular complexity index is 461. The second-order valence-electron chi connectivity index (χ2n) is 4.79. The van der Waals surface area contributed by atoms with Crippen molar-refractivity contribution in [3.63, 3.8) is 0 Å². The molecule has 0 aliphatic carbocycles. The van der Waals surface area contributed by atoms with Gasteiger partial charge in [-0.2, -0.15) is 0 Å². The third-order valence-corrected chi connectivity index (χ3v) is 3.45. The minimum absolute atomic E-state index is 0.122. The van der Waals surface area contributed by atoms with Gasteiger partial charge in [0.15, 0.2) is 0 Å². The molecular formula is C14H18N2O3. The average Bonchev–Trinajstić information content (AvgIpc) is 2.53. The van der Waals surface area contributed by atoms with Crippen molar-refractivity contribution in [1.82, 2.24) is 9.80 Å². The first-order valence-corrected chi connectivity index (χ1v) is 6.38. The van der Waals surface area contributed by atoms with Gasteiger partial charge in [-0.05, 0) is 12.0 Å². The van der Waals surface area contributed by atoms with Crippen molar-refractivity contribution in [3.8, 4) is 0 Å². The number of nitrogens with zero attached hydrogens (tertiary/aromatic N) is 2. The zero-order valence-electron chi connectivity index (χ0n) is 11.0. The van der Waals surface area contributed by atoms with E-state index in [1.165, 1.54) is 4.90 Å². The largest absolute Gasteiger partial charge is 0.465 e. The van der Waals surface area contributed by atoms with Gasteiger partial charge >= 0.3 is 6.09 Å². The summed E-state index contributed by atoms with van der Waals surface area (Å²) >= 11 is 0. The quantitative estimate of drug-likeness (QED) is 0.877. The maximum atomic E-state index is 12.3. The van der Waals surface area contributed by atoms with Crippen LogP contribution in [0.3, 0.4) is 0 Å². The summed E-state index contributed by atoms with van der Waals surface area (Å²) in [6.07, 6.45) is 0.0837. The summed E-state index contributed by atoms with van der Waals surface area (Å²) in [5.74, 6) is -0.122. The highest BCUT2D eigenvalue weighted by atomic mass is 16.4. The van der Waals surface area contributed by atoms with E-state index in [4.69, 9.17) is 0 Å². The first-order valence-electron chi connectivity index (χ1n) is 6.38. The molecule has 102 valence electrons. The van der Waals surface area contributed by atoms with Crippen LogP contribution in [0.1, 0.15) is 12.0 Å². The van der Waals surface area contributed by atoms with E-state index in [1.807, 2.05) is 30.3 Å². The van der Waals surface area contributed by atoms with Gasteiger partial charge in [0.1, 0.15) is 6.04 Å². The van der Waals surface area contributed by atoms with Crippen LogP contribution in [0.25, 0.3) is 0 Å². The molecule has 0 bridgehead atoms. The van der Waals surface area contributed by atoms with E-state index >= 15 is 0 Å². The van der Waals surface area contributed by atoms with Gasteiger partial charge < -0.3 is 10.0 Å². The average molecular weight is 262 g/mol. The Morgan fingerprint density at radius 1 is 1.32 bits per heavy atom. The minimum Gasteiger partial charge on any atom is -0.465 e. The van der Waals surface area contributed by atoms with Crippen molar-refractivity contribution in [2.75, 3.05) is 20.1 Å². The number of rotatable bonds is 2. The number of likely N-dealkylation sites (N-methyl/N-ethyl adjacent to an activating group) is 1. The second-order valence-corrected chi connectivity index (χ2v) is 4.79. The monoisotopic (exact) mass is 262 g/mol. The highest BCUT2D eigenvalue weighted by molar-refractivity contribution is 5.85.